The summed E-state index contributed by atoms with van der Waals surface area (Å²) in [7, 11) is 0. The number of rotatable bonds is 3. The van der Waals surface area contributed by atoms with Gasteiger partial charge in [-0.2, -0.15) is 5.26 Å². The van der Waals surface area contributed by atoms with E-state index in [2.05, 4.69) is 4.98 Å². The second-order valence-corrected chi connectivity index (χ2v) is 5.82. The molecule has 0 unspecified atom stereocenters. The first-order valence-electron chi connectivity index (χ1n) is 6.15. The van der Waals surface area contributed by atoms with Crippen LogP contribution in [-0.4, -0.2) is 10.8 Å². The number of benzene rings is 1. The van der Waals surface area contributed by atoms with E-state index in [1.165, 1.54) is 11.3 Å². The number of fused-ring (bicyclic) bond motifs is 1. The van der Waals surface area contributed by atoms with Crippen LogP contribution in [0.5, 0.6) is 0 Å². The van der Waals surface area contributed by atoms with Crippen LogP contribution in [-0.2, 0) is 0 Å². The van der Waals surface area contributed by atoms with E-state index in [9.17, 15) is 10.1 Å². The number of thiophene rings is 1. The lowest BCUT2D eigenvalue weighted by Gasteiger charge is -1.98. The number of carbonyl (C=O) groups excluding carboxylic acids is 1. The normalized spacial score (nSPS) is 11.5. The summed E-state index contributed by atoms with van der Waals surface area (Å²) in [4.78, 5) is 16.4. The number of nitrogens with zero attached hydrogens (tertiary/aromatic N) is 1. The molecule has 0 saturated carbocycles. The lowest BCUT2D eigenvalue weighted by Crippen LogP contribution is -2.00. The van der Waals surface area contributed by atoms with Gasteiger partial charge in [-0.15, -0.1) is 11.3 Å². The third kappa shape index (κ3) is 2.62. The van der Waals surface area contributed by atoms with Crippen molar-refractivity contribution in [3.63, 3.8) is 0 Å². The van der Waals surface area contributed by atoms with Crippen LogP contribution < -0.4 is 0 Å². The fraction of sp³-hybridized carbons (Fsp3) is 0. The van der Waals surface area contributed by atoms with Crippen molar-refractivity contribution in [3.05, 3.63) is 62.9 Å². The summed E-state index contributed by atoms with van der Waals surface area (Å²) in [6.07, 6.45) is 3.23. The summed E-state index contributed by atoms with van der Waals surface area (Å²) >= 11 is 7.41. The number of nitriles is 1. The summed E-state index contributed by atoms with van der Waals surface area (Å²) in [5.41, 5.74) is 1.37. The van der Waals surface area contributed by atoms with E-state index in [-0.39, 0.29) is 11.4 Å². The van der Waals surface area contributed by atoms with Gasteiger partial charge in [0.05, 0.1) is 0 Å². The molecule has 1 N–H and O–H groups in total. The lowest BCUT2D eigenvalue weighted by molar-refractivity contribution is 0.104. The highest BCUT2D eigenvalue weighted by atomic mass is 35.5. The molecule has 1 aromatic carbocycles. The van der Waals surface area contributed by atoms with Crippen LogP contribution in [0.1, 0.15) is 15.2 Å². The molecule has 0 aliphatic rings. The van der Waals surface area contributed by atoms with Gasteiger partial charge >= 0.3 is 0 Å². The molecule has 102 valence electrons. The van der Waals surface area contributed by atoms with E-state index >= 15 is 0 Å². The molecule has 0 saturated heterocycles. The van der Waals surface area contributed by atoms with Gasteiger partial charge in [0.25, 0.3) is 0 Å². The first-order chi connectivity index (χ1) is 10.2. The minimum Gasteiger partial charge on any atom is -0.360 e. The second kappa shape index (κ2) is 5.57. The molecule has 21 heavy (non-hydrogen) atoms. The maximum atomic E-state index is 12.5. The highest BCUT2D eigenvalue weighted by Crippen LogP contribution is 2.25. The van der Waals surface area contributed by atoms with Gasteiger partial charge in [-0.25, -0.2) is 0 Å². The van der Waals surface area contributed by atoms with Crippen molar-refractivity contribution >= 4 is 45.7 Å². The van der Waals surface area contributed by atoms with Gasteiger partial charge < -0.3 is 4.98 Å². The molecule has 3 rings (SSSR count). The number of Topliss-reactive ketones (excluding diaryl/α,β-unsaturated/α-hetero) is 1. The lowest BCUT2D eigenvalue weighted by atomic mass is 10.0. The molecule has 2 aromatic heterocycles. The number of H-pyrrole nitrogens is 1. The second-order valence-electron chi connectivity index (χ2n) is 4.41. The highest BCUT2D eigenvalue weighted by molar-refractivity contribution is 7.10. The van der Waals surface area contributed by atoms with E-state index in [4.69, 9.17) is 11.6 Å². The summed E-state index contributed by atoms with van der Waals surface area (Å²) in [6, 6.07) is 11.0. The maximum Gasteiger partial charge on any atom is 0.205 e. The Hall–Kier alpha value is -2.35. The minimum absolute atomic E-state index is 0.119. The molecule has 3 nitrogen and oxygen atoms in total. The number of ketones is 1. The Morgan fingerprint density at radius 1 is 1.38 bits per heavy atom. The van der Waals surface area contributed by atoms with Crippen molar-refractivity contribution in [3.8, 4) is 6.07 Å². The van der Waals surface area contributed by atoms with Crippen molar-refractivity contribution < 1.29 is 4.79 Å². The summed E-state index contributed by atoms with van der Waals surface area (Å²) in [6.45, 7) is 0. The van der Waals surface area contributed by atoms with Crippen molar-refractivity contribution in [2.24, 2.45) is 0 Å². The molecule has 2 heterocycles. The first-order valence-corrected chi connectivity index (χ1v) is 7.41. The fourth-order valence-electron chi connectivity index (χ4n) is 2.10. The Balaban J connectivity index is 2.06. The monoisotopic (exact) mass is 312 g/mol. The zero-order chi connectivity index (χ0) is 14.8. The topological polar surface area (TPSA) is 56.6 Å². The number of hydrogen-bond donors (Lipinski definition) is 1. The molecule has 0 atom stereocenters. The first kappa shape index (κ1) is 13.6. The molecule has 3 aromatic rings. The van der Waals surface area contributed by atoms with Crippen LogP contribution in [0.2, 0.25) is 5.02 Å². The Bertz CT molecular complexity index is 885. The third-order valence-corrected chi connectivity index (χ3v) is 4.14. The van der Waals surface area contributed by atoms with Gasteiger partial charge in [-0.1, -0.05) is 23.7 Å². The quantitative estimate of drug-likeness (QED) is 0.434. The zero-order valence-electron chi connectivity index (χ0n) is 10.8. The number of halogens is 1. The number of carbonyl (C=O) groups is 1. The maximum absolute atomic E-state index is 12.5. The summed E-state index contributed by atoms with van der Waals surface area (Å²) < 4.78 is 0. The number of aromatic nitrogens is 1. The Kier molecular flexibility index (Phi) is 3.61. The van der Waals surface area contributed by atoms with Gasteiger partial charge in [-0.3, -0.25) is 4.79 Å². The van der Waals surface area contributed by atoms with E-state index in [1.54, 1.807) is 30.5 Å². The highest BCUT2D eigenvalue weighted by Gasteiger charge is 2.16. The molecule has 0 radical (unpaired) electrons. The zero-order valence-corrected chi connectivity index (χ0v) is 12.3. The predicted octanol–water partition coefficient (Wildman–Crippen LogP) is 4.67. The molecule has 0 aliphatic carbocycles. The number of nitrogens with one attached hydrogen (secondary N) is 1. The van der Waals surface area contributed by atoms with E-state index in [0.717, 1.165) is 15.8 Å². The smallest absolute Gasteiger partial charge is 0.205 e. The average molecular weight is 313 g/mol. The number of hydrogen-bond acceptors (Lipinski definition) is 3. The van der Waals surface area contributed by atoms with E-state index in [0.29, 0.717) is 10.6 Å². The van der Waals surface area contributed by atoms with Crippen molar-refractivity contribution in [2.45, 2.75) is 0 Å². The van der Waals surface area contributed by atoms with Crippen LogP contribution in [0.15, 0.2) is 47.5 Å². The SMILES string of the molecule is N#CC(=Cc1cccs1)C(=O)c1c[nH]c2cc(Cl)ccc12. The van der Waals surface area contributed by atoms with Gasteiger partial charge in [0.2, 0.25) is 5.78 Å². The molecule has 5 heteroatoms. The van der Waals surface area contributed by atoms with E-state index in [1.807, 2.05) is 23.6 Å². The van der Waals surface area contributed by atoms with Crippen LogP contribution >= 0.6 is 22.9 Å². The van der Waals surface area contributed by atoms with Crippen LogP contribution in [0.4, 0.5) is 0 Å². The minimum atomic E-state index is -0.292. The van der Waals surface area contributed by atoms with Gasteiger partial charge in [-0.05, 0) is 29.7 Å². The molecule has 0 bridgehead atoms. The largest absolute Gasteiger partial charge is 0.360 e. The van der Waals surface area contributed by atoms with Gasteiger partial charge in [0.15, 0.2) is 0 Å². The number of allylic oxidation sites excluding steroid dienone is 1. The van der Waals surface area contributed by atoms with Gasteiger partial charge in [0, 0.05) is 32.6 Å². The molecule has 0 fully saturated rings. The Labute approximate surface area is 130 Å². The molecular weight excluding hydrogens is 304 g/mol. The molecule has 0 aliphatic heterocycles. The third-order valence-electron chi connectivity index (χ3n) is 3.08. The van der Waals surface area contributed by atoms with Crippen molar-refractivity contribution in [1.29, 1.82) is 5.26 Å². The van der Waals surface area contributed by atoms with Crippen LogP contribution in [0, 0.1) is 11.3 Å². The Morgan fingerprint density at radius 2 is 2.24 bits per heavy atom. The predicted molar refractivity (Wildman–Crippen MR) is 85.5 cm³/mol. The van der Waals surface area contributed by atoms with E-state index < -0.39 is 0 Å². The summed E-state index contributed by atoms with van der Waals surface area (Å²) in [5, 5.41) is 12.5. The van der Waals surface area contributed by atoms with Crippen molar-refractivity contribution in [1.82, 2.24) is 4.98 Å². The summed E-state index contributed by atoms with van der Waals surface area (Å²) in [5.74, 6) is -0.292. The standard InChI is InChI=1S/C16H9ClN2OS/c17-11-3-4-13-14(9-19-15(13)7-11)16(20)10(8-18)6-12-2-1-5-21-12/h1-7,9,19H. The van der Waals surface area contributed by atoms with Crippen LogP contribution in [0.3, 0.4) is 0 Å². The molecular formula is C16H9ClN2OS. The number of aromatic amines is 1. The van der Waals surface area contributed by atoms with Gasteiger partial charge in [0.1, 0.15) is 11.6 Å². The fourth-order valence-corrected chi connectivity index (χ4v) is 2.93. The Morgan fingerprint density at radius 3 is 2.95 bits per heavy atom. The van der Waals surface area contributed by atoms with Crippen LogP contribution in [0.25, 0.3) is 17.0 Å². The molecule has 0 amide bonds. The molecule has 0 spiro atoms. The van der Waals surface area contributed by atoms with Crippen molar-refractivity contribution in [2.75, 3.05) is 0 Å². The average Bonchev–Trinajstić information content (AvgIpc) is 3.12.